The summed E-state index contributed by atoms with van der Waals surface area (Å²) in [6, 6.07) is 7.34. The maximum atomic E-state index is 8.91. The number of hydrogen-bond acceptors (Lipinski definition) is 4. The lowest BCUT2D eigenvalue weighted by molar-refractivity contribution is -0.0508. The van der Waals surface area contributed by atoms with Gasteiger partial charge in [0, 0.05) is 24.7 Å². The third-order valence-corrected chi connectivity index (χ3v) is 3.11. The maximum Gasteiger partial charge on any atom is 0.120 e. The van der Waals surface area contributed by atoms with Crippen LogP contribution in [0, 0.1) is 0 Å². The van der Waals surface area contributed by atoms with Gasteiger partial charge in [0.1, 0.15) is 18.5 Å². The van der Waals surface area contributed by atoms with Gasteiger partial charge in [0.15, 0.2) is 0 Å². The van der Waals surface area contributed by atoms with Gasteiger partial charge >= 0.3 is 0 Å². The van der Waals surface area contributed by atoms with Crippen molar-refractivity contribution >= 4 is 11.6 Å². The minimum atomic E-state index is 0.0456. The Balaban J connectivity index is 1.79. The Hall–Kier alpha value is -0.810. The molecule has 0 saturated carbocycles. The quantitative estimate of drug-likeness (QED) is 0.879. The molecule has 5 heteroatoms. The number of nitrogens with zero attached hydrogens (tertiary/aromatic N) is 1. The van der Waals surface area contributed by atoms with E-state index < -0.39 is 0 Å². The molecule has 0 amide bonds. The first kappa shape index (κ1) is 13.6. The van der Waals surface area contributed by atoms with Crippen LogP contribution in [0.5, 0.6) is 5.75 Å². The van der Waals surface area contributed by atoms with Crippen molar-refractivity contribution in [3.05, 3.63) is 29.3 Å². The third kappa shape index (κ3) is 4.14. The second-order valence-corrected chi connectivity index (χ2v) is 4.72. The predicted octanol–water partition coefficient (Wildman–Crippen LogP) is 1.41. The molecule has 1 aliphatic rings. The van der Waals surface area contributed by atoms with Crippen LogP contribution in [0.4, 0.5) is 0 Å². The summed E-state index contributed by atoms with van der Waals surface area (Å²) in [7, 11) is 0. The Labute approximate surface area is 112 Å². The Kier molecular flexibility index (Phi) is 5.26. The van der Waals surface area contributed by atoms with E-state index in [-0.39, 0.29) is 12.7 Å². The molecule has 1 fully saturated rings. The average Bonchev–Trinajstić information content (AvgIpc) is 2.37. The van der Waals surface area contributed by atoms with E-state index in [2.05, 4.69) is 4.90 Å². The molecule has 2 rings (SSSR count). The number of aliphatic hydroxyl groups excluding tert-OH is 1. The van der Waals surface area contributed by atoms with Gasteiger partial charge in [0.25, 0.3) is 0 Å². The molecule has 0 spiro atoms. The molecule has 18 heavy (non-hydrogen) atoms. The fraction of sp³-hybridized carbons (Fsp3) is 0.538. The average molecular weight is 272 g/mol. The van der Waals surface area contributed by atoms with E-state index in [0.29, 0.717) is 24.8 Å². The number of halogens is 1. The van der Waals surface area contributed by atoms with Crippen LogP contribution >= 0.6 is 11.6 Å². The van der Waals surface area contributed by atoms with Crippen LogP contribution in [-0.4, -0.2) is 55.6 Å². The molecule has 0 unspecified atom stereocenters. The first-order valence-corrected chi connectivity index (χ1v) is 6.49. The molecule has 4 nitrogen and oxygen atoms in total. The summed E-state index contributed by atoms with van der Waals surface area (Å²) in [5.41, 5.74) is 0. The van der Waals surface area contributed by atoms with Crippen LogP contribution in [0.25, 0.3) is 0 Å². The highest BCUT2D eigenvalue weighted by atomic mass is 35.5. The number of benzene rings is 1. The molecule has 0 radical (unpaired) electrons. The summed E-state index contributed by atoms with van der Waals surface area (Å²) in [6.45, 7) is 3.72. The van der Waals surface area contributed by atoms with Crippen molar-refractivity contribution in [2.75, 3.05) is 39.5 Å². The van der Waals surface area contributed by atoms with Crippen molar-refractivity contribution in [2.45, 2.75) is 6.10 Å². The van der Waals surface area contributed by atoms with E-state index >= 15 is 0 Å². The first-order chi connectivity index (χ1) is 8.78. The highest BCUT2D eigenvalue weighted by Gasteiger charge is 2.20. The lowest BCUT2D eigenvalue weighted by Crippen LogP contribution is -2.45. The zero-order valence-electron chi connectivity index (χ0n) is 10.2. The zero-order chi connectivity index (χ0) is 12.8. The van der Waals surface area contributed by atoms with Crippen molar-refractivity contribution in [1.82, 2.24) is 4.90 Å². The fourth-order valence-electron chi connectivity index (χ4n) is 1.97. The number of ether oxygens (including phenoxy) is 2. The standard InChI is InChI=1S/C13H18ClNO3/c14-11-2-1-3-12(8-11)18-10-13-9-15(4-6-16)5-7-17-13/h1-3,8,13,16H,4-7,9-10H2/t13-/m1/s1. The number of aliphatic hydroxyl groups is 1. The molecular formula is C13H18ClNO3. The Morgan fingerprint density at radius 1 is 1.50 bits per heavy atom. The van der Waals surface area contributed by atoms with Crippen molar-refractivity contribution in [3.63, 3.8) is 0 Å². The second-order valence-electron chi connectivity index (χ2n) is 4.29. The van der Waals surface area contributed by atoms with Crippen molar-refractivity contribution in [1.29, 1.82) is 0 Å². The summed E-state index contributed by atoms with van der Waals surface area (Å²) in [5, 5.41) is 9.58. The monoisotopic (exact) mass is 271 g/mol. The van der Waals surface area contributed by atoms with E-state index in [0.717, 1.165) is 18.8 Å². The molecule has 0 bridgehead atoms. The Bertz CT molecular complexity index is 373. The van der Waals surface area contributed by atoms with E-state index in [1.54, 1.807) is 6.07 Å². The molecule has 1 heterocycles. The third-order valence-electron chi connectivity index (χ3n) is 2.87. The molecule has 1 saturated heterocycles. The Morgan fingerprint density at radius 3 is 3.17 bits per heavy atom. The highest BCUT2D eigenvalue weighted by Crippen LogP contribution is 2.17. The van der Waals surface area contributed by atoms with Crippen molar-refractivity contribution in [3.8, 4) is 5.75 Å². The molecule has 0 aliphatic carbocycles. The van der Waals surface area contributed by atoms with E-state index in [4.69, 9.17) is 26.2 Å². The van der Waals surface area contributed by atoms with Crippen LogP contribution < -0.4 is 4.74 Å². The Morgan fingerprint density at radius 2 is 2.39 bits per heavy atom. The predicted molar refractivity (Wildman–Crippen MR) is 70.2 cm³/mol. The van der Waals surface area contributed by atoms with E-state index in [1.165, 1.54) is 0 Å². The topological polar surface area (TPSA) is 41.9 Å². The minimum absolute atomic E-state index is 0.0456. The van der Waals surface area contributed by atoms with Gasteiger partial charge in [-0.25, -0.2) is 0 Å². The molecule has 1 aromatic rings. The van der Waals surface area contributed by atoms with Crippen LogP contribution in [0.1, 0.15) is 0 Å². The molecule has 1 atom stereocenters. The smallest absolute Gasteiger partial charge is 0.120 e. The summed E-state index contributed by atoms with van der Waals surface area (Å²) in [5.74, 6) is 0.755. The summed E-state index contributed by atoms with van der Waals surface area (Å²) in [6.07, 6.45) is 0.0456. The number of rotatable bonds is 5. The van der Waals surface area contributed by atoms with Gasteiger partial charge in [-0.1, -0.05) is 17.7 Å². The van der Waals surface area contributed by atoms with Gasteiger partial charge in [-0.05, 0) is 18.2 Å². The molecule has 100 valence electrons. The van der Waals surface area contributed by atoms with Crippen molar-refractivity contribution in [2.24, 2.45) is 0 Å². The number of morpholine rings is 1. The maximum absolute atomic E-state index is 8.91. The highest BCUT2D eigenvalue weighted by molar-refractivity contribution is 6.30. The van der Waals surface area contributed by atoms with Gasteiger partial charge in [-0.2, -0.15) is 0 Å². The van der Waals surface area contributed by atoms with E-state index in [1.807, 2.05) is 18.2 Å². The molecule has 1 aromatic carbocycles. The first-order valence-electron chi connectivity index (χ1n) is 6.11. The lowest BCUT2D eigenvalue weighted by Gasteiger charge is -2.32. The number of hydrogen-bond donors (Lipinski definition) is 1. The second kappa shape index (κ2) is 6.95. The summed E-state index contributed by atoms with van der Waals surface area (Å²) >= 11 is 5.88. The van der Waals surface area contributed by atoms with Crippen LogP contribution in [0.3, 0.4) is 0 Å². The summed E-state index contributed by atoms with van der Waals surface area (Å²) < 4.78 is 11.3. The van der Waals surface area contributed by atoms with Crippen LogP contribution in [-0.2, 0) is 4.74 Å². The fourth-order valence-corrected chi connectivity index (χ4v) is 2.15. The zero-order valence-corrected chi connectivity index (χ0v) is 11.0. The number of β-amino-alcohol motifs (C(OH)–C–C–N with tert-alkyl or cyclic N) is 1. The van der Waals surface area contributed by atoms with Crippen LogP contribution in [0.15, 0.2) is 24.3 Å². The van der Waals surface area contributed by atoms with Crippen molar-refractivity contribution < 1.29 is 14.6 Å². The lowest BCUT2D eigenvalue weighted by atomic mass is 10.3. The summed E-state index contributed by atoms with van der Waals surface area (Å²) in [4.78, 5) is 2.18. The largest absolute Gasteiger partial charge is 0.491 e. The molecular weight excluding hydrogens is 254 g/mol. The van der Waals surface area contributed by atoms with Gasteiger partial charge in [-0.15, -0.1) is 0 Å². The van der Waals surface area contributed by atoms with Gasteiger partial charge < -0.3 is 14.6 Å². The van der Waals surface area contributed by atoms with Gasteiger partial charge in [0.2, 0.25) is 0 Å². The normalized spacial score (nSPS) is 20.9. The minimum Gasteiger partial charge on any atom is -0.491 e. The van der Waals surface area contributed by atoms with E-state index in [9.17, 15) is 0 Å². The molecule has 1 N–H and O–H groups in total. The van der Waals surface area contributed by atoms with Gasteiger partial charge in [0.05, 0.1) is 13.2 Å². The van der Waals surface area contributed by atoms with Gasteiger partial charge in [-0.3, -0.25) is 4.90 Å². The van der Waals surface area contributed by atoms with Crippen LogP contribution in [0.2, 0.25) is 5.02 Å². The molecule has 1 aliphatic heterocycles. The molecule has 0 aromatic heterocycles. The SMILES string of the molecule is OCCN1CCO[C@@H](COc2cccc(Cl)c2)C1.